The first-order chi connectivity index (χ1) is 10.3. The van der Waals surface area contributed by atoms with Crippen molar-refractivity contribution >= 4 is 0 Å². The first-order valence-corrected chi connectivity index (χ1v) is 7.45. The predicted octanol–water partition coefficient (Wildman–Crippen LogP) is 4.49. The molecule has 0 amide bonds. The Morgan fingerprint density at radius 1 is 0.952 bits per heavy atom. The number of aryl methyl sites for hydroxylation is 3. The molecular formula is C19H20N2. The summed E-state index contributed by atoms with van der Waals surface area (Å²) in [5.74, 6) is 0. The summed E-state index contributed by atoms with van der Waals surface area (Å²) in [6, 6.07) is 19.2. The number of hydrogen-bond acceptors (Lipinski definition) is 1. The van der Waals surface area contributed by atoms with E-state index in [1.54, 1.807) is 0 Å². The molecule has 0 aliphatic carbocycles. The molecule has 0 aliphatic rings. The molecule has 2 aromatic carbocycles. The van der Waals surface area contributed by atoms with E-state index in [-0.39, 0.29) is 0 Å². The van der Waals surface area contributed by atoms with Crippen LogP contribution in [0.15, 0.2) is 67.0 Å². The lowest BCUT2D eigenvalue weighted by Gasteiger charge is -2.02. The van der Waals surface area contributed by atoms with Gasteiger partial charge in [0.15, 0.2) is 0 Å². The highest BCUT2D eigenvalue weighted by Gasteiger charge is 2.02. The molecule has 0 unspecified atom stereocenters. The van der Waals surface area contributed by atoms with Crippen LogP contribution < -0.4 is 0 Å². The van der Waals surface area contributed by atoms with Crippen LogP contribution in [-0.4, -0.2) is 9.78 Å². The first kappa shape index (κ1) is 13.6. The van der Waals surface area contributed by atoms with Gasteiger partial charge in [-0.2, -0.15) is 5.10 Å². The molecule has 0 spiro atoms. The maximum Gasteiger partial charge on any atom is 0.0568 e. The molecule has 3 rings (SSSR count). The zero-order valence-corrected chi connectivity index (χ0v) is 12.4. The van der Waals surface area contributed by atoms with E-state index in [2.05, 4.69) is 72.8 Å². The molecule has 106 valence electrons. The Morgan fingerprint density at radius 2 is 1.81 bits per heavy atom. The molecule has 0 radical (unpaired) electrons. The van der Waals surface area contributed by atoms with E-state index in [1.807, 2.05) is 10.9 Å². The average molecular weight is 276 g/mol. The van der Waals surface area contributed by atoms with Crippen LogP contribution in [0, 0.1) is 6.92 Å². The van der Waals surface area contributed by atoms with Crippen LogP contribution in [0.3, 0.4) is 0 Å². The third-order valence-corrected chi connectivity index (χ3v) is 3.68. The molecule has 21 heavy (non-hydrogen) atoms. The molecule has 2 heteroatoms. The fraction of sp³-hybridized carbons (Fsp3) is 0.211. The molecule has 0 N–H and O–H groups in total. The molecule has 0 aliphatic heterocycles. The second kappa shape index (κ2) is 6.40. The van der Waals surface area contributed by atoms with Crippen molar-refractivity contribution < 1.29 is 0 Å². The van der Waals surface area contributed by atoms with Gasteiger partial charge in [0.2, 0.25) is 0 Å². The van der Waals surface area contributed by atoms with E-state index >= 15 is 0 Å². The Hall–Kier alpha value is -2.35. The molecule has 0 saturated heterocycles. The van der Waals surface area contributed by atoms with Crippen LogP contribution in [0.25, 0.3) is 11.1 Å². The van der Waals surface area contributed by atoms with Gasteiger partial charge in [-0.05, 0) is 30.9 Å². The Balaban J connectivity index is 1.60. The molecule has 0 fully saturated rings. The van der Waals surface area contributed by atoms with Gasteiger partial charge in [0, 0.05) is 18.3 Å². The van der Waals surface area contributed by atoms with Gasteiger partial charge in [-0.15, -0.1) is 0 Å². The Morgan fingerprint density at radius 3 is 2.62 bits per heavy atom. The predicted molar refractivity (Wildman–Crippen MR) is 87.2 cm³/mol. The van der Waals surface area contributed by atoms with Crippen molar-refractivity contribution in [2.45, 2.75) is 26.3 Å². The van der Waals surface area contributed by atoms with Gasteiger partial charge in [0.05, 0.1) is 6.20 Å². The zero-order valence-electron chi connectivity index (χ0n) is 12.4. The summed E-state index contributed by atoms with van der Waals surface area (Å²) in [5.41, 5.74) is 5.11. The van der Waals surface area contributed by atoms with Gasteiger partial charge in [0.25, 0.3) is 0 Å². The molecule has 1 aromatic heterocycles. The lowest BCUT2D eigenvalue weighted by Crippen LogP contribution is -1.99. The summed E-state index contributed by atoms with van der Waals surface area (Å²) in [6.07, 6.45) is 6.30. The number of hydrogen-bond donors (Lipinski definition) is 0. The van der Waals surface area contributed by atoms with E-state index in [4.69, 9.17) is 0 Å². The smallest absolute Gasteiger partial charge is 0.0568 e. The monoisotopic (exact) mass is 276 g/mol. The highest BCUT2D eigenvalue weighted by molar-refractivity contribution is 5.62. The van der Waals surface area contributed by atoms with Crippen molar-refractivity contribution in [3.05, 3.63) is 78.1 Å². The van der Waals surface area contributed by atoms with Gasteiger partial charge in [-0.25, -0.2) is 0 Å². The summed E-state index contributed by atoms with van der Waals surface area (Å²) < 4.78 is 2.04. The van der Waals surface area contributed by atoms with Crippen molar-refractivity contribution in [2.75, 3.05) is 0 Å². The second-order valence-electron chi connectivity index (χ2n) is 5.45. The second-order valence-corrected chi connectivity index (χ2v) is 5.45. The van der Waals surface area contributed by atoms with E-state index in [0.29, 0.717) is 0 Å². The van der Waals surface area contributed by atoms with Gasteiger partial charge in [0.1, 0.15) is 0 Å². The number of benzene rings is 2. The quantitative estimate of drug-likeness (QED) is 0.671. The summed E-state index contributed by atoms with van der Waals surface area (Å²) >= 11 is 0. The van der Waals surface area contributed by atoms with E-state index in [0.717, 1.165) is 19.4 Å². The Labute approximate surface area is 126 Å². The van der Waals surface area contributed by atoms with Gasteiger partial charge < -0.3 is 0 Å². The molecular weight excluding hydrogens is 256 g/mol. The van der Waals surface area contributed by atoms with Crippen LogP contribution >= 0.6 is 0 Å². The number of rotatable bonds is 5. The normalized spacial score (nSPS) is 10.7. The highest BCUT2D eigenvalue weighted by atomic mass is 15.3. The van der Waals surface area contributed by atoms with Crippen molar-refractivity contribution in [2.24, 2.45) is 0 Å². The minimum absolute atomic E-state index is 0.959. The maximum absolute atomic E-state index is 4.47. The molecule has 3 aromatic rings. The van der Waals surface area contributed by atoms with E-state index < -0.39 is 0 Å². The fourth-order valence-corrected chi connectivity index (χ4v) is 2.55. The molecule has 0 atom stereocenters. The van der Waals surface area contributed by atoms with Crippen LogP contribution in [-0.2, 0) is 13.0 Å². The zero-order chi connectivity index (χ0) is 14.5. The minimum atomic E-state index is 0.959. The summed E-state index contributed by atoms with van der Waals surface area (Å²) in [4.78, 5) is 0. The summed E-state index contributed by atoms with van der Waals surface area (Å²) in [5, 5.41) is 4.47. The minimum Gasteiger partial charge on any atom is -0.272 e. The molecule has 2 nitrogen and oxygen atoms in total. The van der Waals surface area contributed by atoms with Crippen molar-refractivity contribution in [1.29, 1.82) is 0 Å². The van der Waals surface area contributed by atoms with Crippen LogP contribution in [0.2, 0.25) is 0 Å². The lowest BCUT2D eigenvalue weighted by molar-refractivity contribution is 0.579. The summed E-state index contributed by atoms with van der Waals surface area (Å²) in [7, 11) is 0. The average Bonchev–Trinajstić information content (AvgIpc) is 2.97. The summed E-state index contributed by atoms with van der Waals surface area (Å²) in [6.45, 7) is 3.08. The van der Waals surface area contributed by atoms with Crippen LogP contribution in [0.4, 0.5) is 0 Å². The van der Waals surface area contributed by atoms with Gasteiger partial charge in [-0.1, -0.05) is 60.2 Å². The Kier molecular flexibility index (Phi) is 4.15. The van der Waals surface area contributed by atoms with E-state index in [9.17, 15) is 0 Å². The largest absolute Gasteiger partial charge is 0.272 e. The number of nitrogens with zero attached hydrogens (tertiary/aromatic N) is 2. The number of aromatic nitrogens is 2. The van der Waals surface area contributed by atoms with Crippen molar-refractivity contribution in [3.8, 4) is 11.1 Å². The SMILES string of the molecule is Cc1cccc(-c2cnn(CCCc3ccccc3)c2)c1. The van der Waals surface area contributed by atoms with Crippen LogP contribution in [0.5, 0.6) is 0 Å². The molecule has 0 saturated carbocycles. The van der Waals surface area contributed by atoms with Crippen molar-refractivity contribution in [3.63, 3.8) is 0 Å². The third-order valence-electron chi connectivity index (χ3n) is 3.68. The van der Waals surface area contributed by atoms with E-state index in [1.165, 1.54) is 22.3 Å². The maximum atomic E-state index is 4.47. The van der Waals surface area contributed by atoms with Crippen LogP contribution in [0.1, 0.15) is 17.5 Å². The highest BCUT2D eigenvalue weighted by Crippen LogP contribution is 2.19. The van der Waals surface area contributed by atoms with Crippen molar-refractivity contribution in [1.82, 2.24) is 9.78 Å². The fourth-order valence-electron chi connectivity index (χ4n) is 2.55. The molecule has 1 heterocycles. The third kappa shape index (κ3) is 3.60. The van der Waals surface area contributed by atoms with Gasteiger partial charge in [-0.3, -0.25) is 4.68 Å². The first-order valence-electron chi connectivity index (χ1n) is 7.45. The van der Waals surface area contributed by atoms with Gasteiger partial charge >= 0.3 is 0 Å². The Bertz CT molecular complexity index is 698. The topological polar surface area (TPSA) is 17.8 Å². The molecule has 0 bridgehead atoms. The lowest BCUT2D eigenvalue weighted by atomic mass is 10.1. The standard InChI is InChI=1S/C19H20N2/c1-16-7-5-11-18(13-16)19-14-20-21(15-19)12-6-10-17-8-3-2-4-9-17/h2-5,7-9,11,13-15H,6,10,12H2,1H3.